The lowest BCUT2D eigenvalue weighted by molar-refractivity contribution is 0.758. The Labute approximate surface area is 110 Å². The van der Waals surface area contributed by atoms with E-state index in [1.165, 1.54) is 4.88 Å². The third-order valence-electron chi connectivity index (χ3n) is 2.65. The van der Waals surface area contributed by atoms with Crippen LogP contribution in [0.4, 0.5) is 11.5 Å². The van der Waals surface area contributed by atoms with E-state index in [0.717, 1.165) is 6.42 Å². The maximum absolute atomic E-state index is 8.90. The van der Waals surface area contributed by atoms with Crippen molar-refractivity contribution < 1.29 is 0 Å². The number of nitrogens with two attached hydrogens (primary N) is 1. The molecule has 0 aliphatic heterocycles. The molecule has 5 heteroatoms. The second kappa shape index (κ2) is 5.52. The number of aromatic nitrogens is 1. The fourth-order valence-electron chi connectivity index (χ4n) is 1.68. The third kappa shape index (κ3) is 2.60. The van der Waals surface area contributed by atoms with Crippen molar-refractivity contribution in [3.8, 4) is 6.07 Å². The first-order valence-electron chi connectivity index (χ1n) is 5.71. The Hall–Kier alpha value is -2.06. The Balaban J connectivity index is 2.20. The summed E-state index contributed by atoms with van der Waals surface area (Å²) < 4.78 is 0. The molecule has 18 heavy (non-hydrogen) atoms. The smallest absolute Gasteiger partial charge is 0.165 e. The summed E-state index contributed by atoms with van der Waals surface area (Å²) >= 11 is 1.71. The molecule has 0 fully saturated rings. The van der Waals surface area contributed by atoms with Gasteiger partial charge in [0.2, 0.25) is 0 Å². The van der Waals surface area contributed by atoms with Crippen LogP contribution in [-0.4, -0.2) is 4.98 Å². The van der Waals surface area contributed by atoms with E-state index in [9.17, 15) is 0 Å². The molecule has 3 N–H and O–H groups in total. The van der Waals surface area contributed by atoms with Crippen molar-refractivity contribution in [1.82, 2.24) is 4.98 Å². The number of pyridine rings is 1. The minimum atomic E-state index is 0.215. The van der Waals surface area contributed by atoms with Crippen LogP contribution in [0.1, 0.15) is 30.0 Å². The molecule has 0 aromatic carbocycles. The average Bonchev–Trinajstić information content (AvgIpc) is 2.91. The van der Waals surface area contributed by atoms with Gasteiger partial charge in [-0.05, 0) is 30.0 Å². The summed E-state index contributed by atoms with van der Waals surface area (Å²) in [4.78, 5) is 5.45. The van der Waals surface area contributed by atoms with Crippen LogP contribution >= 0.6 is 11.3 Å². The van der Waals surface area contributed by atoms with Gasteiger partial charge in [0.05, 0.1) is 11.7 Å². The van der Waals surface area contributed by atoms with Crippen molar-refractivity contribution >= 4 is 22.8 Å². The standard InChI is InChI=1S/C13H14N4S/c1-2-10(12-4-3-7-18-12)16-13-6-5-9(15)11(8-14)17-13/h3-7,10H,2,15H2,1H3,(H,16,17). The summed E-state index contributed by atoms with van der Waals surface area (Å²) in [5.74, 6) is 0.681. The molecule has 0 aliphatic carbocycles. The van der Waals surface area contributed by atoms with E-state index >= 15 is 0 Å². The lowest BCUT2D eigenvalue weighted by Crippen LogP contribution is -2.10. The maximum atomic E-state index is 8.90. The first-order valence-corrected chi connectivity index (χ1v) is 6.59. The van der Waals surface area contributed by atoms with Gasteiger partial charge in [-0.3, -0.25) is 0 Å². The average molecular weight is 258 g/mol. The van der Waals surface area contributed by atoms with Gasteiger partial charge in [-0.2, -0.15) is 5.26 Å². The molecule has 0 spiro atoms. The Bertz CT molecular complexity index is 557. The normalized spacial score (nSPS) is 11.8. The summed E-state index contributed by atoms with van der Waals surface area (Å²) in [6.45, 7) is 2.11. The van der Waals surface area contributed by atoms with Crippen molar-refractivity contribution in [2.75, 3.05) is 11.1 Å². The summed E-state index contributed by atoms with van der Waals surface area (Å²) in [6, 6.07) is 9.83. The highest BCUT2D eigenvalue weighted by molar-refractivity contribution is 7.10. The molecule has 0 radical (unpaired) electrons. The summed E-state index contributed by atoms with van der Waals surface area (Å²) in [7, 11) is 0. The minimum absolute atomic E-state index is 0.215. The molecule has 0 bridgehead atoms. The van der Waals surface area contributed by atoms with E-state index < -0.39 is 0 Å². The van der Waals surface area contributed by atoms with Gasteiger partial charge in [-0.1, -0.05) is 13.0 Å². The zero-order chi connectivity index (χ0) is 13.0. The monoisotopic (exact) mass is 258 g/mol. The van der Waals surface area contributed by atoms with Crippen molar-refractivity contribution in [3.63, 3.8) is 0 Å². The summed E-state index contributed by atoms with van der Waals surface area (Å²) in [5.41, 5.74) is 6.32. The van der Waals surface area contributed by atoms with E-state index in [2.05, 4.69) is 28.7 Å². The number of nitriles is 1. The van der Waals surface area contributed by atoms with E-state index in [1.807, 2.05) is 12.1 Å². The zero-order valence-corrected chi connectivity index (χ0v) is 10.9. The van der Waals surface area contributed by atoms with Crippen molar-refractivity contribution in [3.05, 3.63) is 40.2 Å². The molecule has 2 aromatic heterocycles. The van der Waals surface area contributed by atoms with Gasteiger partial charge in [0.15, 0.2) is 5.69 Å². The van der Waals surface area contributed by atoms with E-state index in [1.54, 1.807) is 23.5 Å². The SMILES string of the molecule is CCC(Nc1ccc(N)c(C#N)n1)c1cccs1. The molecule has 2 aromatic rings. The molecule has 0 saturated carbocycles. The molecular weight excluding hydrogens is 244 g/mol. The van der Waals surface area contributed by atoms with E-state index in [-0.39, 0.29) is 11.7 Å². The fraction of sp³-hybridized carbons (Fsp3) is 0.231. The van der Waals surface area contributed by atoms with Gasteiger partial charge in [0.25, 0.3) is 0 Å². The second-order valence-corrected chi connectivity index (χ2v) is 4.85. The van der Waals surface area contributed by atoms with Crippen LogP contribution < -0.4 is 11.1 Å². The highest BCUT2D eigenvalue weighted by atomic mass is 32.1. The number of hydrogen-bond donors (Lipinski definition) is 2. The van der Waals surface area contributed by atoms with Gasteiger partial charge >= 0.3 is 0 Å². The Kier molecular flexibility index (Phi) is 3.80. The van der Waals surface area contributed by atoms with E-state index in [0.29, 0.717) is 11.5 Å². The van der Waals surface area contributed by atoms with Crippen LogP contribution in [0.25, 0.3) is 0 Å². The number of nitrogens with one attached hydrogen (secondary N) is 1. The van der Waals surface area contributed by atoms with Crippen LogP contribution in [0.2, 0.25) is 0 Å². The fourth-order valence-corrected chi connectivity index (χ4v) is 2.54. The Morgan fingerprint density at radius 3 is 2.94 bits per heavy atom. The second-order valence-electron chi connectivity index (χ2n) is 3.87. The van der Waals surface area contributed by atoms with Gasteiger partial charge in [0, 0.05) is 4.88 Å². The molecule has 1 unspecified atom stereocenters. The van der Waals surface area contributed by atoms with Gasteiger partial charge < -0.3 is 11.1 Å². The van der Waals surface area contributed by atoms with Crippen LogP contribution in [0.3, 0.4) is 0 Å². The van der Waals surface area contributed by atoms with Crippen LogP contribution in [0, 0.1) is 11.3 Å². The molecule has 4 nitrogen and oxygen atoms in total. The first-order chi connectivity index (χ1) is 8.74. The number of thiophene rings is 1. The predicted molar refractivity (Wildman–Crippen MR) is 74.3 cm³/mol. The summed E-state index contributed by atoms with van der Waals surface area (Å²) in [5, 5.41) is 14.3. The van der Waals surface area contributed by atoms with Gasteiger partial charge in [0.1, 0.15) is 11.9 Å². The molecule has 0 aliphatic rings. The lowest BCUT2D eigenvalue weighted by atomic mass is 10.2. The third-order valence-corrected chi connectivity index (χ3v) is 3.64. The first kappa shape index (κ1) is 12.4. The van der Waals surface area contributed by atoms with Crippen molar-refractivity contribution in [2.24, 2.45) is 0 Å². The molecular formula is C13H14N4S. The highest BCUT2D eigenvalue weighted by Gasteiger charge is 2.11. The highest BCUT2D eigenvalue weighted by Crippen LogP contribution is 2.26. The van der Waals surface area contributed by atoms with E-state index in [4.69, 9.17) is 11.0 Å². The summed E-state index contributed by atoms with van der Waals surface area (Å²) in [6.07, 6.45) is 0.953. The predicted octanol–water partition coefficient (Wildman–Crippen LogP) is 3.16. The number of rotatable bonds is 4. The number of anilines is 2. The maximum Gasteiger partial charge on any atom is 0.165 e. The lowest BCUT2D eigenvalue weighted by Gasteiger charge is -2.16. The minimum Gasteiger partial charge on any atom is -0.396 e. The number of nitrogens with zero attached hydrogens (tertiary/aromatic N) is 2. The molecule has 0 saturated heterocycles. The quantitative estimate of drug-likeness (QED) is 0.883. The van der Waals surface area contributed by atoms with Crippen LogP contribution in [-0.2, 0) is 0 Å². The Morgan fingerprint density at radius 2 is 2.33 bits per heavy atom. The molecule has 2 heterocycles. The van der Waals surface area contributed by atoms with Crippen molar-refractivity contribution in [1.29, 1.82) is 5.26 Å². The Morgan fingerprint density at radius 1 is 1.50 bits per heavy atom. The van der Waals surface area contributed by atoms with Gasteiger partial charge in [-0.25, -0.2) is 4.98 Å². The molecule has 2 rings (SSSR count). The molecule has 92 valence electrons. The number of nitrogen functional groups attached to an aromatic ring is 1. The van der Waals surface area contributed by atoms with Crippen molar-refractivity contribution in [2.45, 2.75) is 19.4 Å². The van der Waals surface area contributed by atoms with Gasteiger partial charge in [-0.15, -0.1) is 11.3 Å². The molecule has 0 amide bonds. The zero-order valence-electron chi connectivity index (χ0n) is 10.1. The van der Waals surface area contributed by atoms with Crippen LogP contribution in [0.15, 0.2) is 29.6 Å². The van der Waals surface area contributed by atoms with Crippen LogP contribution in [0.5, 0.6) is 0 Å². The topological polar surface area (TPSA) is 74.7 Å². The largest absolute Gasteiger partial charge is 0.396 e. The molecule has 1 atom stereocenters. The number of hydrogen-bond acceptors (Lipinski definition) is 5.